The maximum atomic E-state index is 12.4. The molecule has 0 aliphatic rings. The molecule has 0 fully saturated rings. The molecule has 6 nitrogen and oxygen atoms in total. The van der Waals surface area contributed by atoms with Crippen molar-refractivity contribution in [2.75, 3.05) is 6.61 Å². The van der Waals surface area contributed by atoms with E-state index in [1.807, 2.05) is 30.3 Å². The highest BCUT2D eigenvalue weighted by molar-refractivity contribution is 6.00. The molecular formula is C21H19N3O3. The van der Waals surface area contributed by atoms with Crippen LogP contribution >= 0.6 is 0 Å². The van der Waals surface area contributed by atoms with Crippen LogP contribution < -0.4 is 15.6 Å². The van der Waals surface area contributed by atoms with Gasteiger partial charge in [0.05, 0.1) is 12.2 Å². The Labute approximate surface area is 157 Å². The van der Waals surface area contributed by atoms with Crippen molar-refractivity contribution in [1.82, 2.24) is 15.8 Å². The van der Waals surface area contributed by atoms with Crippen LogP contribution in [0.4, 0.5) is 0 Å². The van der Waals surface area contributed by atoms with Crippen LogP contribution in [0.2, 0.25) is 0 Å². The molecule has 2 N–H and O–H groups in total. The van der Waals surface area contributed by atoms with E-state index in [1.165, 1.54) is 12.4 Å². The Morgan fingerprint density at radius 1 is 0.815 bits per heavy atom. The SMILES string of the molecule is O=C(NNC(=O)c1ccccc1OCCc1ccccc1)c1ccncc1. The Morgan fingerprint density at radius 2 is 1.48 bits per heavy atom. The van der Waals surface area contributed by atoms with Gasteiger partial charge in [-0.2, -0.15) is 0 Å². The molecule has 3 aromatic rings. The van der Waals surface area contributed by atoms with E-state index in [1.54, 1.807) is 36.4 Å². The first-order chi connectivity index (χ1) is 13.2. The number of para-hydroxylation sites is 1. The summed E-state index contributed by atoms with van der Waals surface area (Å²) in [6, 6.07) is 20.0. The Morgan fingerprint density at radius 3 is 2.26 bits per heavy atom. The Bertz CT molecular complexity index is 899. The van der Waals surface area contributed by atoms with Gasteiger partial charge in [-0.25, -0.2) is 0 Å². The van der Waals surface area contributed by atoms with E-state index in [4.69, 9.17) is 4.74 Å². The molecule has 0 aliphatic carbocycles. The molecule has 0 saturated carbocycles. The lowest BCUT2D eigenvalue weighted by molar-refractivity contribution is 0.0844. The molecule has 1 heterocycles. The Balaban J connectivity index is 1.57. The number of nitrogens with one attached hydrogen (secondary N) is 2. The smallest absolute Gasteiger partial charge is 0.273 e. The summed E-state index contributed by atoms with van der Waals surface area (Å²) in [5, 5.41) is 0. The highest BCUT2D eigenvalue weighted by Gasteiger charge is 2.13. The van der Waals surface area contributed by atoms with E-state index in [-0.39, 0.29) is 0 Å². The van der Waals surface area contributed by atoms with Crippen molar-refractivity contribution in [2.24, 2.45) is 0 Å². The lowest BCUT2D eigenvalue weighted by atomic mass is 10.1. The molecule has 0 spiro atoms. The van der Waals surface area contributed by atoms with Crippen LogP contribution in [-0.4, -0.2) is 23.4 Å². The van der Waals surface area contributed by atoms with Crippen LogP contribution in [0.3, 0.4) is 0 Å². The summed E-state index contributed by atoms with van der Waals surface area (Å²) in [5.74, 6) is -0.412. The second kappa shape index (κ2) is 9.15. The van der Waals surface area contributed by atoms with Crippen LogP contribution in [0, 0.1) is 0 Å². The zero-order valence-corrected chi connectivity index (χ0v) is 14.6. The van der Waals surface area contributed by atoms with Gasteiger partial charge in [-0.15, -0.1) is 0 Å². The first kappa shape index (κ1) is 18.1. The van der Waals surface area contributed by atoms with Gasteiger partial charge in [0.25, 0.3) is 11.8 Å². The summed E-state index contributed by atoms with van der Waals surface area (Å²) in [4.78, 5) is 28.3. The molecule has 136 valence electrons. The average molecular weight is 361 g/mol. The number of carbonyl (C=O) groups excluding carboxylic acids is 2. The van der Waals surface area contributed by atoms with Crippen molar-refractivity contribution in [3.05, 3.63) is 95.8 Å². The number of amides is 2. The molecule has 0 radical (unpaired) electrons. The molecule has 0 bridgehead atoms. The van der Waals surface area contributed by atoms with Gasteiger partial charge in [0, 0.05) is 24.4 Å². The number of nitrogens with zero attached hydrogens (tertiary/aromatic N) is 1. The fourth-order valence-electron chi connectivity index (χ4n) is 2.46. The topological polar surface area (TPSA) is 80.3 Å². The lowest BCUT2D eigenvalue weighted by Crippen LogP contribution is -2.41. The summed E-state index contributed by atoms with van der Waals surface area (Å²) < 4.78 is 5.77. The van der Waals surface area contributed by atoms with Gasteiger partial charge in [0.1, 0.15) is 5.75 Å². The van der Waals surface area contributed by atoms with E-state index in [2.05, 4.69) is 15.8 Å². The van der Waals surface area contributed by atoms with E-state index in [0.29, 0.717) is 23.5 Å². The monoisotopic (exact) mass is 361 g/mol. The molecule has 1 aromatic heterocycles. The number of carbonyl (C=O) groups is 2. The van der Waals surface area contributed by atoms with Crippen LogP contribution in [-0.2, 0) is 6.42 Å². The van der Waals surface area contributed by atoms with Crippen LogP contribution in [0.1, 0.15) is 26.3 Å². The number of benzene rings is 2. The summed E-state index contributed by atoms with van der Waals surface area (Å²) in [5.41, 5.74) is 6.70. The van der Waals surface area contributed by atoms with Gasteiger partial charge in [-0.1, -0.05) is 42.5 Å². The Hall–Kier alpha value is -3.67. The van der Waals surface area contributed by atoms with Crippen LogP contribution in [0.5, 0.6) is 5.75 Å². The second-order valence-corrected chi connectivity index (χ2v) is 5.72. The van der Waals surface area contributed by atoms with Gasteiger partial charge < -0.3 is 4.74 Å². The summed E-state index contributed by atoms with van der Waals surface area (Å²) in [7, 11) is 0. The number of hydrogen-bond donors (Lipinski definition) is 2. The van der Waals surface area contributed by atoms with Crippen molar-refractivity contribution in [3.8, 4) is 5.75 Å². The number of hydrogen-bond acceptors (Lipinski definition) is 4. The summed E-state index contributed by atoms with van der Waals surface area (Å²) in [6.07, 6.45) is 3.74. The highest BCUT2D eigenvalue weighted by atomic mass is 16.5. The quantitative estimate of drug-likeness (QED) is 0.662. The normalized spacial score (nSPS) is 10.1. The van der Waals surface area contributed by atoms with Gasteiger partial charge in [0.15, 0.2) is 0 Å². The summed E-state index contributed by atoms with van der Waals surface area (Å²) >= 11 is 0. The molecule has 2 aromatic carbocycles. The number of rotatable bonds is 6. The van der Waals surface area contributed by atoms with Crippen LogP contribution in [0.25, 0.3) is 0 Å². The molecule has 3 rings (SSSR count). The number of hydrazine groups is 1. The summed E-state index contributed by atoms with van der Waals surface area (Å²) in [6.45, 7) is 0.442. The Kier molecular flexibility index (Phi) is 6.14. The van der Waals surface area contributed by atoms with E-state index in [9.17, 15) is 9.59 Å². The molecule has 0 unspecified atom stereocenters. The second-order valence-electron chi connectivity index (χ2n) is 5.72. The highest BCUT2D eigenvalue weighted by Crippen LogP contribution is 2.18. The van der Waals surface area contributed by atoms with Crippen molar-refractivity contribution < 1.29 is 14.3 Å². The number of ether oxygens (including phenoxy) is 1. The number of aromatic nitrogens is 1. The molecule has 2 amide bonds. The maximum absolute atomic E-state index is 12.4. The first-order valence-electron chi connectivity index (χ1n) is 8.50. The third-order valence-electron chi connectivity index (χ3n) is 3.85. The molecule has 0 saturated heterocycles. The number of pyridine rings is 1. The zero-order chi connectivity index (χ0) is 18.9. The fourth-order valence-corrected chi connectivity index (χ4v) is 2.46. The standard InChI is InChI=1S/C21H19N3O3/c25-20(17-10-13-22-14-11-17)23-24-21(26)18-8-4-5-9-19(18)27-15-12-16-6-2-1-3-7-16/h1-11,13-14H,12,15H2,(H,23,25)(H,24,26). The van der Waals surface area contributed by atoms with Gasteiger partial charge in [-0.05, 0) is 29.8 Å². The lowest BCUT2D eigenvalue weighted by Gasteiger charge is -2.12. The zero-order valence-electron chi connectivity index (χ0n) is 14.6. The van der Waals surface area contributed by atoms with Gasteiger partial charge >= 0.3 is 0 Å². The minimum atomic E-state index is -0.451. The van der Waals surface area contributed by atoms with E-state index >= 15 is 0 Å². The van der Waals surface area contributed by atoms with Crippen molar-refractivity contribution in [1.29, 1.82) is 0 Å². The van der Waals surface area contributed by atoms with Crippen molar-refractivity contribution in [3.63, 3.8) is 0 Å². The van der Waals surface area contributed by atoms with Gasteiger partial charge in [-0.3, -0.25) is 25.4 Å². The molecule has 27 heavy (non-hydrogen) atoms. The maximum Gasteiger partial charge on any atom is 0.273 e. The third-order valence-corrected chi connectivity index (χ3v) is 3.85. The van der Waals surface area contributed by atoms with Crippen molar-refractivity contribution in [2.45, 2.75) is 6.42 Å². The van der Waals surface area contributed by atoms with E-state index in [0.717, 1.165) is 12.0 Å². The molecular weight excluding hydrogens is 342 g/mol. The van der Waals surface area contributed by atoms with Crippen molar-refractivity contribution >= 4 is 11.8 Å². The van der Waals surface area contributed by atoms with E-state index < -0.39 is 11.8 Å². The minimum absolute atomic E-state index is 0.348. The molecule has 0 atom stereocenters. The first-order valence-corrected chi connectivity index (χ1v) is 8.50. The van der Waals surface area contributed by atoms with Crippen LogP contribution in [0.15, 0.2) is 79.1 Å². The predicted octanol–water partition coefficient (Wildman–Crippen LogP) is 2.78. The average Bonchev–Trinajstić information content (AvgIpc) is 2.73. The largest absolute Gasteiger partial charge is 0.492 e. The minimum Gasteiger partial charge on any atom is -0.492 e. The van der Waals surface area contributed by atoms with Gasteiger partial charge in [0.2, 0.25) is 0 Å². The molecule has 0 aliphatic heterocycles. The fraction of sp³-hybridized carbons (Fsp3) is 0.0952. The predicted molar refractivity (Wildman–Crippen MR) is 101 cm³/mol. The third kappa shape index (κ3) is 5.15. The molecule has 6 heteroatoms.